The van der Waals surface area contributed by atoms with Crippen LogP contribution in [0.15, 0.2) is 30.3 Å². The van der Waals surface area contributed by atoms with E-state index in [0.29, 0.717) is 5.69 Å². The Hall–Kier alpha value is -1.72. The van der Waals surface area contributed by atoms with Crippen molar-refractivity contribution >= 4 is 34.2 Å². The summed E-state index contributed by atoms with van der Waals surface area (Å²) < 4.78 is 1.58. The first kappa shape index (κ1) is 10.4. The average molecular weight is 266 g/mol. The lowest BCUT2D eigenvalue weighted by Crippen LogP contribution is -2.00. The Morgan fingerprint density at radius 2 is 1.82 bits per heavy atom. The average Bonchev–Trinajstić information content (AvgIpc) is 2.76. The molecule has 0 N–H and O–H groups in total. The van der Waals surface area contributed by atoms with Crippen molar-refractivity contribution in [3.8, 4) is 5.69 Å². The van der Waals surface area contributed by atoms with Gasteiger partial charge in [0.15, 0.2) is 10.3 Å². The number of aromatic nitrogens is 5. The lowest BCUT2D eigenvalue weighted by molar-refractivity contribution is 0.813. The second-order valence-corrected chi connectivity index (χ2v) is 4.08. The standard InChI is InChI=1S/C10H5Cl2N5/c11-9-5-8(10(12)15-14-9)17-7-4-2-1-3-6(7)13-16-17/h1-5H. The first-order valence-electron chi connectivity index (χ1n) is 4.75. The van der Waals surface area contributed by atoms with E-state index in [-0.39, 0.29) is 10.3 Å². The quantitative estimate of drug-likeness (QED) is 0.679. The Morgan fingerprint density at radius 3 is 2.71 bits per heavy atom. The number of hydrogen-bond donors (Lipinski definition) is 0. The van der Waals surface area contributed by atoms with Gasteiger partial charge in [0, 0.05) is 6.07 Å². The third-order valence-electron chi connectivity index (χ3n) is 2.28. The normalized spacial score (nSPS) is 10.9. The first-order valence-corrected chi connectivity index (χ1v) is 5.51. The van der Waals surface area contributed by atoms with Gasteiger partial charge in [-0.1, -0.05) is 40.5 Å². The zero-order valence-corrected chi connectivity index (χ0v) is 9.89. The monoisotopic (exact) mass is 265 g/mol. The summed E-state index contributed by atoms with van der Waals surface area (Å²) in [7, 11) is 0. The van der Waals surface area contributed by atoms with Crippen molar-refractivity contribution in [2.45, 2.75) is 0 Å². The molecule has 2 aromatic heterocycles. The van der Waals surface area contributed by atoms with Crippen LogP contribution in [0.1, 0.15) is 0 Å². The molecule has 0 unspecified atom stereocenters. The third kappa shape index (κ3) is 1.73. The summed E-state index contributed by atoms with van der Waals surface area (Å²) in [5, 5.41) is 15.9. The Kier molecular flexibility index (Phi) is 2.42. The maximum Gasteiger partial charge on any atom is 0.177 e. The summed E-state index contributed by atoms with van der Waals surface area (Å²) in [4.78, 5) is 0. The molecule has 0 bridgehead atoms. The molecule has 0 aliphatic carbocycles. The van der Waals surface area contributed by atoms with E-state index in [1.54, 1.807) is 10.7 Å². The van der Waals surface area contributed by atoms with E-state index < -0.39 is 0 Å². The van der Waals surface area contributed by atoms with Gasteiger partial charge >= 0.3 is 0 Å². The van der Waals surface area contributed by atoms with Gasteiger partial charge in [0.1, 0.15) is 11.2 Å². The van der Waals surface area contributed by atoms with Crippen molar-refractivity contribution in [3.05, 3.63) is 40.6 Å². The van der Waals surface area contributed by atoms with E-state index in [2.05, 4.69) is 20.5 Å². The highest BCUT2D eigenvalue weighted by Crippen LogP contribution is 2.22. The topological polar surface area (TPSA) is 56.5 Å². The molecular formula is C10H5Cl2N5. The smallest absolute Gasteiger partial charge is 0.177 e. The highest BCUT2D eigenvalue weighted by atomic mass is 35.5. The molecule has 2 heterocycles. The lowest BCUT2D eigenvalue weighted by atomic mass is 10.3. The summed E-state index contributed by atoms with van der Waals surface area (Å²) >= 11 is 11.8. The number of halogens is 2. The molecule has 0 saturated carbocycles. The minimum absolute atomic E-state index is 0.227. The van der Waals surface area contributed by atoms with Crippen LogP contribution in [0.5, 0.6) is 0 Å². The molecule has 5 nitrogen and oxygen atoms in total. The molecule has 0 aliphatic heterocycles. The van der Waals surface area contributed by atoms with Crippen molar-refractivity contribution in [3.63, 3.8) is 0 Å². The summed E-state index contributed by atoms with van der Waals surface area (Å²) in [6.45, 7) is 0. The van der Waals surface area contributed by atoms with Crippen LogP contribution in [-0.4, -0.2) is 25.2 Å². The lowest BCUT2D eigenvalue weighted by Gasteiger charge is -2.03. The molecular weight excluding hydrogens is 261 g/mol. The van der Waals surface area contributed by atoms with Crippen LogP contribution in [0.3, 0.4) is 0 Å². The fourth-order valence-electron chi connectivity index (χ4n) is 1.54. The third-order valence-corrected chi connectivity index (χ3v) is 2.73. The van der Waals surface area contributed by atoms with Gasteiger partial charge in [-0.05, 0) is 12.1 Å². The molecule has 0 spiro atoms. The fraction of sp³-hybridized carbons (Fsp3) is 0. The molecule has 3 aromatic rings. The largest absolute Gasteiger partial charge is 0.210 e. The van der Waals surface area contributed by atoms with E-state index in [1.807, 2.05) is 24.3 Å². The molecule has 0 fully saturated rings. The van der Waals surface area contributed by atoms with E-state index in [4.69, 9.17) is 23.2 Å². The van der Waals surface area contributed by atoms with E-state index >= 15 is 0 Å². The van der Waals surface area contributed by atoms with Crippen LogP contribution in [0.2, 0.25) is 10.3 Å². The van der Waals surface area contributed by atoms with Crippen LogP contribution in [-0.2, 0) is 0 Å². The van der Waals surface area contributed by atoms with Gasteiger partial charge in [0.2, 0.25) is 0 Å². The summed E-state index contributed by atoms with van der Waals surface area (Å²) in [5.74, 6) is 0. The predicted octanol–water partition coefficient (Wildman–Crippen LogP) is 2.52. The predicted molar refractivity (Wildman–Crippen MR) is 64.5 cm³/mol. The van der Waals surface area contributed by atoms with Gasteiger partial charge in [0.05, 0.1) is 5.52 Å². The Labute approximate surface area is 106 Å². The molecule has 1 aromatic carbocycles. The molecule has 0 aliphatic rings. The molecule has 0 saturated heterocycles. The van der Waals surface area contributed by atoms with Gasteiger partial charge in [0.25, 0.3) is 0 Å². The van der Waals surface area contributed by atoms with E-state index in [9.17, 15) is 0 Å². The van der Waals surface area contributed by atoms with Crippen molar-refractivity contribution in [2.24, 2.45) is 0 Å². The molecule has 0 atom stereocenters. The van der Waals surface area contributed by atoms with Crippen molar-refractivity contribution < 1.29 is 0 Å². The highest BCUT2D eigenvalue weighted by Gasteiger charge is 2.11. The number of nitrogens with zero attached hydrogens (tertiary/aromatic N) is 5. The molecule has 3 rings (SSSR count). The van der Waals surface area contributed by atoms with Gasteiger partial charge in [-0.3, -0.25) is 0 Å². The summed E-state index contributed by atoms with van der Waals surface area (Å²) in [6, 6.07) is 9.13. The van der Waals surface area contributed by atoms with Crippen molar-refractivity contribution in [1.82, 2.24) is 25.2 Å². The van der Waals surface area contributed by atoms with Crippen LogP contribution >= 0.6 is 23.2 Å². The summed E-state index contributed by atoms with van der Waals surface area (Å²) in [6.07, 6.45) is 0. The molecule has 17 heavy (non-hydrogen) atoms. The van der Waals surface area contributed by atoms with Crippen molar-refractivity contribution in [1.29, 1.82) is 0 Å². The second-order valence-electron chi connectivity index (χ2n) is 3.33. The number of hydrogen-bond acceptors (Lipinski definition) is 4. The maximum atomic E-state index is 5.97. The van der Waals surface area contributed by atoms with Crippen LogP contribution < -0.4 is 0 Å². The number of para-hydroxylation sites is 1. The number of benzene rings is 1. The molecule has 7 heteroatoms. The van der Waals surface area contributed by atoms with Gasteiger partial charge in [-0.15, -0.1) is 15.3 Å². The van der Waals surface area contributed by atoms with Gasteiger partial charge < -0.3 is 0 Å². The van der Waals surface area contributed by atoms with Crippen LogP contribution in [0.25, 0.3) is 16.7 Å². The minimum Gasteiger partial charge on any atom is -0.210 e. The zero-order chi connectivity index (χ0) is 11.8. The Balaban J connectivity index is 2.31. The SMILES string of the molecule is Clc1cc(-n2nnc3ccccc32)c(Cl)nn1. The highest BCUT2D eigenvalue weighted by molar-refractivity contribution is 6.32. The molecule has 0 amide bonds. The minimum atomic E-state index is 0.227. The maximum absolute atomic E-state index is 5.97. The Morgan fingerprint density at radius 1 is 1.00 bits per heavy atom. The van der Waals surface area contributed by atoms with Crippen molar-refractivity contribution in [2.75, 3.05) is 0 Å². The number of rotatable bonds is 1. The first-order chi connectivity index (χ1) is 8.25. The second kappa shape index (κ2) is 3.94. The molecule has 0 radical (unpaired) electrons. The van der Waals surface area contributed by atoms with Crippen LogP contribution in [0.4, 0.5) is 0 Å². The van der Waals surface area contributed by atoms with Gasteiger partial charge in [-0.2, -0.15) is 0 Å². The fourth-order valence-corrected chi connectivity index (χ4v) is 1.85. The molecule has 84 valence electrons. The van der Waals surface area contributed by atoms with Gasteiger partial charge in [-0.25, -0.2) is 4.68 Å². The van der Waals surface area contributed by atoms with E-state index in [0.717, 1.165) is 11.0 Å². The van der Waals surface area contributed by atoms with Crippen LogP contribution in [0, 0.1) is 0 Å². The Bertz CT molecular complexity index is 694. The van der Waals surface area contributed by atoms with E-state index in [1.165, 1.54) is 0 Å². The zero-order valence-electron chi connectivity index (χ0n) is 8.38. The summed E-state index contributed by atoms with van der Waals surface area (Å²) in [5.41, 5.74) is 2.16. The number of fused-ring (bicyclic) bond motifs is 1.